The predicted octanol–water partition coefficient (Wildman–Crippen LogP) is 3.81. The van der Waals surface area contributed by atoms with E-state index in [1.54, 1.807) is 7.11 Å². The van der Waals surface area contributed by atoms with E-state index in [0.717, 1.165) is 16.9 Å². The third kappa shape index (κ3) is 4.10. The number of benzene rings is 2. The van der Waals surface area contributed by atoms with Crippen LogP contribution in [0.3, 0.4) is 0 Å². The molecule has 2 rings (SSSR count). The van der Waals surface area contributed by atoms with Crippen molar-refractivity contribution >= 4 is 5.91 Å². The zero-order valence-corrected chi connectivity index (χ0v) is 13.4. The van der Waals surface area contributed by atoms with Gasteiger partial charge in [0, 0.05) is 6.42 Å². The number of carbonyl (C=O) groups is 1. The first-order chi connectivity index (χ1) is 10.6. The van der Waals surface area contributed by atoms with Crippen molar-refractivity contribution in [2.75, 3.05) is 7.11 Å². The second kappa shape index (κ2) is 7.64. The molecule has 0 saturated carbocycles. The molecule has 1 unspecified atom stereocenters. The largest absolute Gasteiger partial charge is 0.496 e. The molecule has 0 aliphatic heterocycles. The van der Waals surface area contributed by atoms with Gasteiger partial charge in [0.15, 0.2) is 0 Å². The molecule has 1 N–H and O–H groups in total. The van der Waals surface area contributed by atoms with Crippen molar-refractivity contribution in [3.05, 3.63) is 65.2 Å². The Morgan fingerprint density at radius 1 is 1.14 bits per heavy atom. The Kier molecular flexibility index (Phi) is 5.59. The minimum absolute atomic E-state index is 0.0198. The third-order valence-electron chi connectivity index (χ3n) is 3.85. The average molecular weight is 297 g/mol. The summed E-state index contributed by atoms with van der Waals surface area (Å²) in [4.78, 5) is 12.2. The number of rotatable bonds is 6. The molecule has 1 amide bonds. The number of amides is 1. The van der Waals surface area contributed by atoms with Crippen LogP contribution >= 0.6 is 0 Å². The number of para-hydroxylation sites is 1. The lowest BCUT2D eigenvalue weighted by atomic mass is 10.0. The summed E-state index contributed by atoms with van der Waals surface area (Å²) < 4.78 is 5.31. The fraction of sp³-hybridized carbons (Fsp3) is 0.316. The molecule has 0 aliphatic rings. The zero-order chi connectivity index (χ0) is 15.9. The second-order valence-electron chi connectivity index (χ2n) is 5.46. The highest BCUT2D eigenvalue weighted by Crippen LogP contribution is 2.20. The lowest BCUT2D eigenvalue weighted by Gasteiger charge is -2.16. The van der Waals surface area contributed by atoms with Crippen LogP contribution in [-0.2, 0) is 11.2 Å². The Bertz CT molecular complexity index is 637. The lowest BCUT2D eigenvalue weighted by molar-refractivity contribution is -0.121. The van der Waals surface area contributed by atoms with E-state index in [1.165, 1.54) is 5.56 Å². The summed E-state index contributed by atoms with van der Waals surface area (Å²) in [6, 6.07) is 16.0. The maximum atomic E-state index is 12.2. The van der Waals surface area contributed by atoms with Crippen molar-refractivity contribution in [1.29, 1.82) is 0 Å². The molecule has 0 heterocycles. The number of methoxy groups -OCH3 is 1. The van der Waals surface area contributed by atoms with Crippen molar-refractivity contribution in [2.24, 2.45) is 0 Å². The SMILES string of the molecule is COc1ccccc1CCC(=O)NC(C)c1ccccc1C. The van der Waals surface area contributed by atoms with Gasteiger partial charge in [-0.2, -0.15) is 0 Å². The highest BCUT2D eigenvalue weighted by molar-refractivity contribution is 5.76. The van der Waals surface area contributed by atoms with Gasteiger partial charge in [0.1, 0.15) is 5.75 Å². The maximum Gasteiger partial charge on any atom is 0.220 e. The number of hydrogen-bond acceptors (Lipinski definition) is 2. The minimum atomic E-state index is 0.0198. The van der Waals surface area contributed by atoms with Gasteiger partial charge in [-0.3, -0.25) is 4.79 Å². The molecular formula is C19H23NO2. The van der Waals surface area contributed by atoms with Crippen molar-refractivity contribution < 1.29 is 9.53 Å². The number of aryl methyl sites for hydroxylation is 2. The first-order valence-electron chi connectivity index (χ1n) is 7.58. The highest BCUT2D eigenvalue weighted by Gasteiger charge is 2.12. The van der Waals surface area contributed by atoms with Gasteiger partial charge in [0.25, 0.3) is 0 Å². The third-order valence-corrected chi connectivity index (χ3v) is 3.85. The summed E-state index contributed by atoms with van der Waals surface area (Å²) >= 11 is 0. The van der Waals surface area contributed by atoms with Crippen LogP contribution in [0.2, 0.25) is 0 Å². The molecule has 0 aromatic heterocycles. The van der Waals surface area contributed by atoms with Gasteiger partial charge in [0.05, 0.1) is 13.2 Å². The first-order valence-corrected chi connectivity index (χ1v) is 7.58. The summed E-state index contributed by atoms with van der Waals surface area (Å²) in [5.74, 6) is 0.893. The van der Waals surface area contributed by atoms with Crippen LogP contribution in [-0.4, -0.2) is 13.0 Å². The Labute approximate surface area is 132 Å². The molecule has 0 saturated heterocycles. The molecule has 0 spiro atoms. The van der Waals surface area contributed by atoms with Crippen LogP contribution in [0.25, 0.3) is 0 Å². The predicted molar refractivity (Wildman–Crippen MR) is 89.1 cm³/mol. The summed E-state index contributed by atoms with van der Waals surface area (Å²) in [6.07, 6.45) is 1.13. The molecule has 2 aromatic carbocycles. The number of hydrogen-bond donors (Lipinski definition) is 1. The van der Waals surface area contributed by atoms with Gasteiger partial charge in [0.2, 0.25) is 5.91 Å². The quantitative estimate of drug-likeness (QED) is 0.880. The molecular weight excluding hydrogens is 274 g/mol. The molecule has 116 valence electrons. The van der Waals surface area contributed by atoms with Crippen LogP contribution in [0.5, 0.6) is 5.75 Å². The number of ether oxygens (including phenoxy) is 1. The van der Waals surface area contributed by atoms with E-state index in [1.807, 2.05) is 43.3 Å². The maximum absolute atomic E-state index is 12.2. The summed E-state index contributed by atoms with van der Waals surface area (Å²) in [6.45, 7) is 4.08. The van der Waals surface area contributed by atoms with Gasteiger partial charge in [-0.05, 0) is 43.0 Å². The number of carbonyl (C=O) groups excluding carboxylic acids is 1. The van der Waals surface area contributed by atoms with E-state index >= 15 is 0 Å². The van der Waals surface area contributed by atoms with Crippen molar-refractivity contribution in [3.8, 4) is 5.75 Å². The molecule has 3 nitrogen and oxygen atoms in total. The molecule has 1 atom stereocenters. The van der Waals surface area contributed by atoms with Gasteiger partial charge in [-0.1, -0.05) is 42.5 Å². The first kappa shape index (κ1) is 16.1. The van der Waals surface area contributed by atoms with E-state index in [2.05, 4.69) is 24.4 Å². The van der Waals surface area contributed by atoms with E-state index in [-0.39, 0.29) is 11.9 Å². The Hall–Kier alpha value is -2.29. The monoisotopic (exact) mass is 297 g/mol. The van der Waals surface area contributed by atoms with E-state index in [0.29, 0.717) is 12.8 Å². The van der Waals surface area contributed by atoms with Gasteiger partial charge < -0.3 is 10.1 Å². The number of nitrogens with one attached hydrogen (secondary N) is 1. The topological polar surface area (TPSA) is 38.3 Å². The fourth-order valence-corrected chi connectivity index (χ4v) is 2.62. The van der Waals surface area contributed by atoms with Crippen molar-refractivity contribution in [3.63, 3.8) is 0 Å². The summed E-state index contributed by atoms with van der Waals surface area (Å²) in [5, 5.41) is 3.06. The molecule has 0 bridgehead atoms. The van der Waals surface area contributed by atoms with Crippen LogP contribution in [0.4, 0.5) is 0 Å². The molecule has 0 aliphatic carbocycles. The summed E-state index contributed by atoms with van der Waals surface area (Å²) in [7, 11) is 1.65. The molecule has 0 radical (unpaired) electrons. The van der Waals surface area contributed by atoms with E-state index in [4.69, 9.17) is 4.74 Å². The standard InChI is InChI=1S/C19H23NO2/c1-14-8-4-6-10-17(14)15(2)20-19(21)13-12-16-9-5-7-11-18(16)22-3/h4-11,15H,12-13H2,1-3H3,(H,20,21). The highest BCUT2D eigenvalue weighted by atomic mass is 16.5. The molecule has 3 heteroatoms. The van der Waals surface area contributed by atoms with E-state index in [9.17, 15) is 4.79 Å². The average Bonchev–Trinajstić information content (AvgIpc) is 2.53. The Morgan fingerprint density at radius 2 is 1.82 bits per heavy atom. The van der Waals surface area contributed by atoms with Crippen LogP contribution in [0.1, 0.15) is 36.1 Å². The lowest BCUT2D eigenvalue weighted by Crippen LogP contribution is -2.27. The normalized spacial score (nSPS) is 11.8. The summed E-state index contributed by atoms with van der Waals surface area (Å²) in [5.41, 5.74) is 3.41. The van der Waals surface area contributed by atoms with Gasteiger partial charge in [-0.25, -0.2) is 0 Å². The van der Waals surface area contributed by atoms with Crippen molar-refractivity contribution in [1.82, 2.24) is 5.32 Å². The van der Waals surface area contributed by atoms with Crippen molar-refractivity contribution in [2.45, 2.75) is 32.7 Å². The minimum Gasteiger partial charge on any atom is -0.496 e. The Balaban J connectivity index is 1.92. The van der Waals surface area contributed by atoms with Crippen LogP contribution < -0.4 is 10.1 Å². The second-order valence-corrected chi connectivity index (χ2v) is 5.46. The van der Waals surface area contributed by atoms with E-state index < -0.39 is 0 Å². The molecule has 2 aromatic rings. The Morgan fingerprint density at radius 3 is 2.55 bits per heavy atom. The van der Waals surface area contributed by atoms with Crippen LogP contribution in [0, 0.1) is 6.92 Å². The molecule has 22 heavy (non-hydrogen) atoms. The fourth-order valence-electron chi connectivity index (χ4n) is 2.62. The van der Waals surface area contributed by atoms with Gasteiger partial charge >= 0.3 is 0 Å². The molecule has 0 fully saturated rings. The smallest absolute Gasteiger partial charge is 0.220 e. The van der Waals surface area contributed by atoms with Crippen LogP contribution in [0.15, 0.2) is 48.5 Å². The zero-order valence-electron chi connectivity index (χ0n) is 13.4. The van der Waals surface area contributed by atoms with Gasteiger partial charge in [-0.15, -0.1) is 0 Å².